The van der Waals surface area contributed by atoms with Gasteiger partial charge in [0.15, 0.2) is 0 Å². The number of imidazole rings is 1. The molecule has 1 aromatic heterocycles. The summed E-state index contributed by atoms with van der Waals surface area (Å²) in [5.41, 5.74) is 7.13. The van der Waals surface area contributed by atoms with Gasteiger partial charge in [0.25, 0.3) is 5.97 Å². The quantitative estimate of drug-likeness (QED) is 0.0717. The number of thioether (sulfide) groups is 1. The molecule has 0 spiro atoms. The van der Waals surface area contributed by atoms with E-state index >= 15 is 0 Å². The van der Waals surface area contributed by atoms with Gasteiger partial charge in [0.1, 0.15) is 30.2 Å². The number of likely N-dealkylation sites (tertiary alicyclic amines) is 2. The molecule has 61 heavy (non-hydrogen) atoms. The minimum Gasteiger partial charge on any atom is -0.481 e. The third-order valence-electron chi connectivity index (χ3n) is 9.87. The van der Waals surface area contributed by atoms with Crippen LogP contribution in [-0.4, -0.2) is 156 Å². The number of nitrogens with two attached hydrogens (primary N) is 1. The summed E-state index contributed by atoms with van der Waals surface area (Å²) in [6.07, 6.45) is 5.67. The largest absolute Gasteiger partial charge is 0.481 e. The SMILES string of the molecule is CC(=O)O.CSCCC(N)C(=O)NC(CCC(=O)O)C(=O)NC(Cc1cnc[nH]1)C(=O)NC(Cc1ccccc1)C(=O)N1CCCC1C(=O)NCC(=O)N1CCCC1C(=O)O. The number of nitrogens with one attached hydrogen (secondary N) is 5. The molecule has 0 bridgehead atoms. The van der Waals surface area contributed by atoms with E-state index in [0.717, 1.165) is 6.92 Å². The van der Waals surface area contributed by atoms with Gasteiger partial charge in [-0.1, -0.05) is 30.3 Å². The van der Waals surface area contributed by atoms with Gasteiger partial charge in [0, 0.05) is 51.2 Å². The Labute approximate surface area is 356 Å². The molecule has 2 aliphatic heterocycles. The summed E-state index contributed by atoms with van der Waals surface area (Å²) < 4.78 is 0. The highest BCUT2D eigenvalue weighted by Gasteiger charge is 2.40. The van der Waals surface area contributed by atoms with E-state index in [9.17, 15) is 48.6 Å². The number of hydrogen-bond donors (Lipinski definition) is 9. The highest BCUT2D eigenvalue weighted by atomic mass is 32.2. The second-order valence-electron chi connectivity index (χ2n) is 14.5. The van der Waals surface area contributed by atoms with Crippen LogP contribution in [0.2, 0.25) is 0 Å². The second-order valence-corrected chi connectivity index (χ2v) is 15.5. The van der Waals surface area contributed by atoms with E-state index in [-0.39, 0.29) is 38.8 Å². The number of hydrogen-bond acceptors (Lipinski definition) is 12. The number of rotatable bonds is 21. The summed E-state index contributed by atoms with van der Waals surface area (Å²) >= 11 is 1.48. The van der Waals surface area contributed by atoms with Crippen molar-refractivity contribution in [2.45, 2.75) is 101 Å². The van der Waals surface area contributed by atoms with Gasteiger partial charge in [-0.15, -0.1) is 0 Å². The number of amides is 6. The lowest BCUT2D eigenvalue weighted by Crippen LogP contribution is -2.59. The van der Waals surface area contributed by atoms with E-state index < -0.39 is 103 Å². The van der Waals surface area contributed by atoms with Crippen LogP contribution in [0, 0.1) is 0 Å². The molecule has 2 aromatic rings. The molecule has 6 amide bonds. The normalized spacial score (nSPS) is 17.7. The van der Waals surface area contributed by atoms with Gasteiger partial charge in [0.2, 0.25) is 35.4 Å². The first-order valence-electron chi connectivity index (χ1n) is 19.7. The summed E-state index contributed by atoms with van der Waals surface area (Å²) in [6.45, 7) is 1.07. The molecule has 22 heteroatoms. The molecule has 0 aliphatic carbocycles. The molecule has 1 aromatic carbocycles. The summed E-state index contributed by atoms with van der Waals surface area (Å²) in [4.78, 5) is 123. The van der Waals surface area contributed by atoms with Crippen LogP contribution in [0.15, 0.2) is 42.9 Å². The van der Waals surface area contributed by atoms with E-state index in [1.807, 2.05) is 6.26 Å². The first-order chi connectivity index (χ1) is 29.0. The number of H-pyrrole nitrogens is 1. The zero-order chi connectivity index (χ0) is 45.1. The fourth-order valence-electron chi connectivity index (χ4n) is 6.82. The minimum absolute atomic E-state index is 0.0101. The van der Waals surface area contributed by atoms with Crippen LogP contribution in [0.1, 0.15) is 63.1 Å². The van der Waals surface area contributed by atoms with Gasteiger partial charge in [0.05, 0.1) is 18.9 Å². The third-order valence-corrected chi connectivity index (χ3v) is 10.5. The topological polar surface area (TPSA) is 324 Å². The van der Waals surface area contributed by atoms with Gasteiger partial charge >= 0.3 is 11.9 Å². The molecule has 6 atom stereocenters. The maximum absolute atomic E-state index is 14.3. The molecular formula is C39H55N9O12S. The van der Waals surface area contributed by atoms with Crippen LogP contribution >= 0.6 is 11.8 Å². The Hall–Kier alpha value is -6.03. The Morgan fingerprint density at radius 2 is 1.44 bits per heavy atom. The average molecular weight is 874 g/mol. The monoisotopic (exact) mass is 873 g/mol. The predicted octanol–water partition coefficient (Wildman–Crippen LogP) is -1.13. The van der Waals surface area contributed by atoms with Gasteiger partial charge < -0.3 is 57.1 Å². The Bertz CT molecular complexity index is 1830. The van der Waals surface area contributed by atoms with E-state index in [1.54, 1.807) is 30.3 Å². The number of benzene rings is 1. The van der Waals surface area contributed by atoms with Crippen molar-refractivity contribution in [3.63, 3.8) is 0 Å². The third kappa shape index (κ3) is 16.2. The predicted molar refractivity (Wildman–Crippen MR) is 219 cm³/mol. The molecule has 4 rings (SSSR count). The van der Waals surface area contributed by atoms with Crippen LogP contribution in [0.4, 0.5) is 0 Å². The van der Waals surface area contributed by atoms with Crippen LogP contribution < -0.4 is 27.0 Å². The molecular weight excluding hydrogens is 819 g/mol. The Morgan fingerprint density at radius 3 is 2.05 bits per heavy atom. The van der Waals surface area contributed by atoms with Crippen molar-refractivity contribution in [2.24, 2.45) is 5.73 Å². The highest BCUT2D eigenvalue weighted by Crippen LogP contribution is 2.21. The number of carbonyl (C=O) groups excluding carboxylic acids is 6. The fraction of sp³-hybridized carbons (Fsp3) is 0.538. The molecule has 0 radical (unpaired) electrons. The Morgan fingerprint density at radius 1 is 0.836 bits per heavy atom. The summed E-state index contributed by atoms with van der Waals surface area (Å²) in [5, 5.41) is 36.7. The lowest BCUT2D eigenvalue weighted by molar-refractivity contribution is -0.148. The van der Waals surface area contributed by atoms with Crippen molar-refractivity contribution in [3.05, 3.63) is 54.1 Å². The van der Waals surface area contributed by atoms with Crippen molar-refractivity contribution in [1.29, 1.82) is 0 Å². The first kappa shape index (κ1) is 49.3. The van der Waals surface area contributed by atoms with Crippen molar-refractivity contribution in [2.75, 3.05) is 31.6 Å². The zero-order valence-corrected chi connectivity index (χ0v) is 34.9. The number of carbonyl (C=O) groups is 9. The molecule has 2 fully saturated rings. The Balaban J connectivity index is 0.00000237. The summed E-state index contributed by atoms with van der Waals surface area (Å²) in [5.74, 6) is -6.61. The second kappa shape index (κ2) is 24.9. The summed E-state index contributed by atoms with van der Waals surface area (Å²) in [7, 11) is 0. The average Bonchev–Trinajstić information content (AvgIpc) is 4.03. The van der Waals surface area contributed by atoms with Crippen LogP contribution in [0.25, 0.3) is 0 Å². The molecule has 6 unspecified atom stereocenters. The number of aromatic amines is 1. The van der Waals surface area contributed by atoms with Gasteiger partial charge in [-0.05, 0) is 56.1 Å². The lowest BCUT2D eigenvalue weighted by Gasteiger charge is -2.30. The van der Waals surface area contributed by atoms with Gasteiger partial charge in [-0.3, -0.25) is 38.4 Å². The van der Waals surface area contributed by atoms with Crippen LogP contribution in [0.5, 0.6) is 0 Å². The van der Waals surface area contributed by atoms with E-state index in [4.69, 9.17) is 15.6 Å². The highest BCUT2D eigenvalue weighted by molar-refractivity contribution is 7.98. The smallest absolute Gasteiger partial charge is 0.326 e. The minimum atomic E-state index is -1.36. The van der Waals surface area contributed by atoms with Crippen LogP contribution in [-0.2, 0) is 56.0 Å². The number of carboxylic acids is 3. The maximum atomic E-state index is 14.3. The summed E-state index contributed by atoms with van der Waals surface area (Å²) in [6, 6.07) is 2.00. The number of aliphatic carboxylic acids is 3. The van der Waals surface area contributed by atoms with E-state index in [0.29, 0.717) is 42.7 Å². The van der Waals surface area contributed by atoms with Crippen molar-refractivity contribution >= 4 is 65.1 Å². The molecule has 3 heterocycles. The zero-order valence-electron chi connectivity index (χ0n) is 34.0. The maximum Gasteiger partial charge on any atom is 0.326 e. The lowest BCUT2D eigenvalue weighted by atomic mass is 10.0. The molecule has 0 saturated carbocycles. The molecule has 10 N–H and O–H groups in total. The molecule has 2 aliphatic rings. The molecule has 21 nitrogen and oxygen atoms in total. The number of nitrogens with zero attached hydrogens (tertiary/aromatic N) is 3. The standard InChI is InChI=1S/C37H51N9O10S.C2H4O2/c1-57-16-13-24(38)32(50)42-25(11-12-31(48)49)33(51)43-26(18-23-19-39-21-41-23)34(52)44-27(17-22-7-3-2-4-8-22)36(54)46-15-5-9-28(46)35(53)40-20-30(47)45-14-6-10-29(45)37(55)56;1-2(3)4/h2-4,7-8,19,21,24-29H,5-6,9-18,20,38H2,1H3,(H,39,41)(H,40,53)(H,42,50)(H,43,51)(H,44,52)(H,48,49)(H,55,56);1H3,(H,3,4). The number of carboxylic acid groups (broad SMARTS) is 3. The van der Waals surface area contributed by atoms with Gasteiger partial charge in [-0.2, -0.15) is 11.8 Å². The first-order valence-corrected chi connectivity index (χ1v) is 21.1. The number of aromatic nitrogens is 2. The van der Waals surface area contributed by atoms with Crippen molar-refractivity contribution < 1.29 is 58.5 Å². The van der Waals surface area contributed by atoms with Crippen molar-refractivity contribution in [1.82, 2.24) is 41.0 Å². The van der Waals surface area contributed by atoms with Gasteiger partial charge in [-0.25, -0.2) is 9.78 Å². The van der Waals surface area contributed by atoms with E-state index in [1.165, 1.54) is 34.1 Å². The molecule has 334 valence electrons. The Kier molecular flexibility index (Phi) is 20.1. The van der Waals surface area contributed by atoms with E-state index in [2.05, 4.69) is 31.2 Å². The van der Waals surface area contributed by atoms with Crippen molar-refractivity contribution in [3.8, 4) is 0 Å². The fourth-order valence-corrected chi connectivity index (χ4v) is 7.31. The van der Waals surface area contributed by atoms with Crippen LogP contribution in [0.3, 0.4) is 0 Å². The molecule has 2 saturated heterocycles.